The minimum Gasteiger partial charge on any atom is -0.398 e. The van der Waals surface area contributed by atoms with Crippen LogP contribution in [0.3, 0.4) is 0 Å². The monoisotopic (exact) mass is 822 g/mol. The highest BCUT2D eigenvalue weighted by Gasteiger charge is 2.59. The molecule has 1 heterocycles. The van der Waals surface area contributed by atoms with Crippen molar-refractivity contribution in [3.05, 3.63) is 291 Å². The molecule has 0 unspecified atom stereocenters. The van der Waals surface area contributed by atoms with Crippen LogP contribution in [0.4, 0.5) is 0 Å². The molecule has 0 amide bonds. The molecule has 4 aliphatic rings. The molecule has 0 saturated carbocycles. The Morgan fingerprint density at radius 3 is 1.65 bits per heavy atom. The van der Waals surface area contributed by atoms with Crippen molar-refractivity contribution in [3.63, 3.8) is 0 Å². The molecule has 2 N–H and O–H groups in total. The van der Waals surface area contributed by atoms with E-state index in [1.54, 1.807) is 0 Å². The summed E-state index contributed by atoms with van der Waals surface area (Å²) in [6.45, 7) is 5.10. The van der Waals surface area contributed by atoms with Crippen molar-refractivity contribution < 1.29 is 0 Å². The highest BCUT2D eigenvalue weighted by molar-refractivity contribution is 8.02. The van der Waals surface area contributed by atoms with Crippen molar-refractivity contribution in [2.75, 3.05) is 0 Å². The Hall–Kier alpha value is -7.46. The third kappa shape index (κ3) is 5.36. The number of hydrogen-bond acceptors (Lipinski definition) is 3. The summed E-state index contributed by atoms with van der Waals surface area (Å²) in [7, 11) is 0. The van der Waals surface area contributed by atoms with Crippen LogP contribution in [-0.2, 0) is 17.4 Å². The molecule has 0 atom stereocenters. The van der Waals surface area contributed by atoms with Gasteiger partial charge in [-0.3, -0.25) is 4.99 Å². The molecular formula is C60H42N2S. The van der Waals surface area contributed by atoms with Gasteiger partial charge < -0.3 is 5.73 Å². The Balaban J connectivity index is 1.14. The first-order chi connectivity index (χ1) is 31.1. The maximum atomic E-state index is 6.77. The van der Waals surface area contributed by atoms with E-state index >= 15 is 0 Å². The maximum absolute atomic E-state index is 6.77. The van der Waals surface area contributed by atoms with E-state index in [0.29, 0.717) is 12.2 Å². The van der Waals surface area contributed by atoms with E-state index in [-0.39, 0.29) is 0 Å². The smallest absolute Gasteiger partial charge is 0.0731 e. The van der Waals surface area contributed by atoms with Crippen LogP contribution in [0, 0.1) is 0 Å². The molecule has 3 heteroatoms. The van der Waals surface area contributed by atoms with Gasteiger partial charge in [-0.05, 0) is 106 Å². The minimum atomic E-state index is -0.662. The van der Waals surface area contributed by atoms with Gasteiger partial charge in [0.15, 0.2) is 0 Å². The Morgan fingerprint density at radius 1 is 0.508 bits per heavy atom. The molecule has 1 aliphatic heterocycles. The van der Waals surface area contributed by atoms with Crippen molar-refractivity contribution in [3.8, 4) is 22.3 Å². The normalized spacial score (nSPS) is 16.7. The summed E-state index contributed by atoms with van der Waals surface area (Å²) in [6, 6.07) is 69.0. The number of hydrogen-bond donors (Lipinski definition) is 1. The van der Waals surface area contributed by atoms with Crippen LogP contribution in [0.2, 0.25) is 0 Å². The van der Waals surface area contributed by atoms with Crippen LogP contribution in [0.5, 0.6) is 0 Å². The topological polar surface area (TPSA) is 38.4 Å². The van der Waals surface area contributed by atoms with Gasteiger partial charge in [-0.15, -0.1) is 0 Å². The van der Waals surface area contributed by atoms with Crippen LogP contribution in [-0.4, -0.2) is 5.71 Å². The minimum absolute atomic E-state index is 0.480. The van der Waals surface area contributed by atoms with Crippen molar-refractivity contribution in [1.29, 1.82) is 0 Å². The lowest BCUT2D eigenvalue weighted by molar-refractivity contribution is 0.626. The van der Waals surface area contributed by atoms with Gasteiger partial charge >= 0.3 is 0 Å². The number of benzene rings is 8. The first kappa shape index (κ1) is 37.3. The summed E-state index contributed by atoms with van der Waals surface area (Å²) in [5, 5.41) is 2.23. The average molecular weight is 823 g/mol. The molecule has 3 aliphatic carbocycles. The Kier molecular flexibility index (Phi) is 8.64. The lowest BCUT2D eigenvalue weighted by Crippen LogP contribution is -2.44. The lowest BCUT2D eigenvalue weighted by Gasteiger charge is -2.49. The third-order valence-corrected chi connectivity index (χ3v) is 14.6. The number of rotatable bonds is 5. The fourth-order valence-corrected chi connectivity index (χ4v) is 12.2. The van der Waals surface area contributed by atoms with Crippen LogP contribution < -0.4 is 5.73 Å². The van der Waals surface area contributed by atoms with Gasteiger partial charge in [0, 0.05) is 10.6 Å². The van der Waals surface area contributed by atoms with Crippen LogP contribution in [0.25, 0.3) is 33.5 Å². The van der Waals surface area contributed by atoms with Gasteiger partial charge in [-0.2, -0.15) is 0 Å². The zero-order chi connectivity index (χ0) is 42.1. The Morgan fingerprint density at radius 2 is 1.02 bits per heavy atom. The van der Waals surface area contributed by atoms with E-state index in [1.165, 1.54) is 77.2 Å². The van der Waals surface area contributed by atoms with E-state index < -0.39 is 10.8 Å². The van der Waals surface area contributed by atoms with Crippen LogP contribution in [0.1, 0.15) is 66.8 Å². The summed E-state index contributed by atoms with van der Waals surface area (Å²) in [5.41, 5.74) is 28.0. The summed E-state index contributed by atoms with van der Waals surface area (Å²) in [4.78, 5) is 6.61. The quantitative estimate of drug-likeness (QED) is 0.176. The van der Waals surface area contributed by atoms with Crippen molar-refractivity contribution >= 4 is 28.7 Å². The highest BCUT2D eigenvalue weighted by Crippen LogP contribution is 2.68. The Labute approximate surface area is 373 Å². The molecule has 8 aromatic rings. The molecule has 2 nitrogen and oxygen atoms in total. The van der Waals surface area contributed by atoms with E-state index in [0.717, 1.165) is 28.0 Å². The summed E-state index contributed by atoms with van der Waals surface area (Å²) < 4.78 is 0. The average Bonchev–Trinajstić information content (AvgIpc) is 3.80. The molecule has 0 radical (unpaired) electrons. The molecule has 0 saturated heterocycles. The zero-order valence-electron chi connectivity index (χ0n) is 34.6. The molecule has 8 aromatic carbocycles. The largest absolute Gasteiger partial charge is 0.398 e. The highest BCUT2D eigenvalue weighted by atomic mass is 32.2. The second-order valence-electron chi connectivity index (χ2n) is 16.8. The second-order valence-corrected chi connectivity index (χ2v) is 17.7. The molecule has 0 fully saturated rings. The Bertz CT molecular complexity index is 3220. The molecule has 298 valence electrons. The summed E-state index contributed by atoms with van der Waals surface area (Å²) in [6.07, 6.45) is 8.39. The molecule has 2 spiro atoms. The summed E-state index contributed by atoms with van der Waals surface area (Å²) in [5.74, 6) is 0. The fraction of sp³-hybridized carbons (Fsp3) is 0.0500. The zero-order valence-corrected chi connectivity index (χ0v) is 35.4. The number of nitrogens with zero attached hydrogens (tertiary/aromatic N) is 1. The number of allylic oxidation sites excluding steroid dienone is 5. The summed E-state index contributed by atoms with van der Waals surface area (Å²) >= 11 is 1.81. The van der Waals surface area contributed by atoms with E-state index in [1.807, 2.05) is 54.2 Å². The maximum Gasteiger partial charge on any atom is 0.0731 e. The number of nitrogens with two attached hydrogens (primary N) is 1. The van der Waals surface area contributed by atoms with Gasteiger partial charge in [0.05, 0.1) is 23.1 Å². The molecular weight excluding hydrogens is 781 g/mol. The fourth-order valence-electron chi connectivity index (χ4n) is 11.1. The predicted octanol–water partition coefficient (Wildman–Crippen LogP) is 13.9. The SMILES string of the molecule is C=C1/C=C\C=C/Sc2c1ccc1c2C2(c3cc(CN=C(/C=C(\N)c4ccccc4)c4ccccc4)ccc3-1)c1ccccc1C1(c3ccccc3-c3ccccc31)c1ccccc12. The number of aliphatic imine (C=N–C) groups is 1. The third-order valence-electron chi connectivity index (χ3n) is 13.7. The standard InChI is InChI=1S/C60H42N2S/c1-39-18-16-17-35-63-58-43(39)33-34-47-46-32-31-40(38-62-56(42-21-6-3-7-22-42)37-55(61)41-19-4-2-5-20-41)36-54(46)60(57(47)58)52-29-14-12-27-50(52)59(51-28-13-15-30-53(51)60)48-25-10-8-23-44(48)45-24-9-11-26-49(45)59/h2-37H,1,38,61H2/b18-16-,35-17-,55-37-,62-56?. The van der Waals surface area contributed by atoms with E-state index in [4.69, 9.17) is 10.7 Å². The van der Waals surface area contributed by atoms with E-state index in [9.17, 15) is 0 Å². The predicted molar refractivity (Wildman–Crippen MR) is 263 cm³/mol. The van der Waals surface area contributed by atoms with Gasteiger partial charge in [-0.1, -0.05) is 225 Å². The van der Waals surface area contributed by atoms with Crippen molar-refractivity contribution in [2.45, 2.75) is 22.3 Å². The molecule has 12 rings (SSSR count). The number of fused-ring (bicyclic) bond motifs is 18. The van der Waals surface area contributed by atoms with Gasteiger partial charge in [0.1, 0.15) is 0 Å². The second kappa shape index (κ2) is 14.6. The first-order valence-electron chi connectivity index (χ1n) is 21.6. The van der Waals surface area contributed by atoms with Crippen molar-refractivity contribution in [1.82, 2.24) is 0 Å². The van der Waals surface area contributed by atoms with Gasteiger partial charge in [0.25, 0.3) is 0 Å². The van der Waals surface area contributed by atoms with Crippen LogP contribution >= 0.6 is 11.8 Å². The van der Waals surface area contributed by atoms with Gasteiger partial charge in [-0.25, -0.2) is 0 Å². The van der Waals surface area contributed by atoms with E-state index in [2.05, 4.69) is 182 Å². The van der Waals surface area contributed by atoms with Crippen LogP contribution in [0.15, 0.2) is 234 Å². The molecule has 63 heavy (non-hydrogen) atoms. The molecule has 0 bridgehead atoms. The lowest BCUT2D eigenvalue weighted by atomic mass is 9.52. The first-order valence-corrected chi connectivity index (χ1v) is 22.5. The van der Waals surface area contributed by atoms with Crippen molar-refractivity contribution in [2.24, 2.45) is 10.7 Å². The van der Waals surface area contributed by atoms with Gasteiger partial charge in [0.2, 0.25) is 0 Å². The molecule has 0 aromatic heterocycles. The number of thioether (sulfide) groups is 1.